The van der Waals surface area contributed by atoms with Gasteiger partial charge in [0.05, 0.1) is 12.5 Å². The van der Waals surface area contributed by atoms with E-state index in [0.717, 1.165) is 5.56 Å². The molecule has 0 spiro atoms. The van der Waals surface area contributed by atoms with E-state index in [9.17, 15) is 4.79 Å². The maximum Gasteiger partial charge on any atom is 0.308 e. The van der Waals surface area contributed by atoms with Crippen LogP contribution in [0.3, 0.4) is 0 Å². The monoisotopic (exact) mass is 281 g/mol. The Morgan fingerprint density at radius 2 is 1.67 bits per heavy atom. The van der Waals surface area contributed by atoms with Crippen molar-refractivity contribution in [1.29, 1.82) is 0 Å². The minimum Gasteiger partial charge on any atom is -0.456 e. The normalized spacial score (nSPS) is 22.8. The summed E-state index contributed by atoms with van der Waals surface area (Å²) in [7, 11) is 0. The lowest BCUT2D eigenvalue weighted by atomic mass is 10.00. The fourth-order valence-corrected chi connectivity index (χ4v) is 2.81. The molecule has 0 unspecified atom stereocenters. The first kappa shape index (κ1) is 13.8. The van der Waals surface area contributed by atoms with Crippen molar-refractivity contribution in [1.82, 2.24) is 5.32 Å². The van der Waals surface area contributed by atoms with Gasteiger partial charge in [-0.3, -0.25) is 4.79 Å². The summed E-state index contributed by atoms with van der Waals surface area (Å²) in [5.41, 5.74) is 2.25. The highest BCUT2D eigenvalue weighted by molar-refractivity contribution is 5.73. The zero-order valence-corrected chi connectivity index (χ0v) is 12.0. The van der Waals surface area contributed by atoms with Gasteiger partial charge in [0.25, 0.3) is 0 Å². The Balaban J connectivity index is 1.76. The fraction of sp³-hybridized carbons (Fsp3) is 0.278. The van der Waals surface area contributed by atoms with Crippen LogP contribution in [0, 0.1) is 0 Å². The second kappa shape index (κ2) is 6.10. The van der Waals surface area contributed by atoms with Crippen molar-refractivity contribution in [3.8, 4) is 0 Å². The fourth-order valence-electron chi connectivity index (χ4n) is 2.81. The van der Waals surface area contributed by atoms with E-state index in [1.165, 1.54) is 5.56 Å². The van der Waals surface area contributed by atoms with Crippen molar-refractivity contribution in [3.63, 3.8) is 0 Å². The van der Waals surface area contributed by atoms with Gasteiger partial charge in [0, 0.05) is 6.04 Å². The molecule has 0 radical (unpaired) electrons. The van der Waals surface area contributed by atoms with Crippen LogP contribution in [0.25, 0.3) is 0 Å². The smallest absolute Gasteiger partial charge is 0.308 e. The molecular weight excluding hydrogens is 262 g/mol. The first-order valence-corrected chi connectivity index (χ1v) is 7.29. The van der Waals surface area contributed by atoms with Crippen LogP contribution >= 0.6 is 0 Å². The second-order valence-electron chi connectivity index (χ2n) is 5.43. The third-order valence-corrected chi connectivity index (χ3v) is 3.90. The van der Waals surface area contributed by atoms with Crippen molar-refractivity contribution in [2.24, 2.45) is 0 Å². The highest BCUT2D eigenvalue weighted by atomic mass is 16.6. The van der Waals surface area contributed by atoms with Gasteiger partial charge in [-0.1, -0.05) is 60.7 Å². The second-order valence-corrected chi connectivity index (χ2v) is 5.43. The van der Waals surface area contributed by atoms with Gasteiger partial charge in [0.15, 0.2) is 0 Å². The molecule has 0 amide bonds. The van der Waals surface area contributed by atoms with E-state index in [1.54, 1.807) is 0 Å². The van der Waals surface area contributed by atoms with E-state index < -0.39 is 0 Å². The van der Waals surface area contributed by atoms with E-state index in [2.05, 4.69) is 24.4 Å². The van der Waals surface area contributed by atoms with Crippen LogP contribution in [0.15, 0.2) is 60.7 Å². The summed E-state index contributed by atoms with van der Waals surface area (Å²) in [5.74, 6) is -0.137. The van der Waals surface area contributed by atoms with Crippen LogP contribution in [0.5, 0.6) is 0 Å². The maximum absolute atomic E-state index is 11.7. The molecular formula is C18H19NO2. The molecule has 0 aliphatic carbocycles. The predicted molar refractivity (Wildman–Crippen MR) is 81.7 cm³/mol. The van der Waals surface area contributed by atoms with Crippen LogP contribution in [0.4, 0.5) is 0 Å². The van der Waals surface area contributed by atoms with Gasteiger partial charge in [-0.2, -0.15) is 0 Å². The topological polar surface area (TPSA) is 38.3 Å². The van der Waals surface area contributed by atoms with Gasteiger partial charge >= 0.3 is 5.97 Å². The Morgan fingerprint density at radius 1 is 1.05 bits per heavy atom. The Kier molecular flexibility index (Phi) is 4.02. The highest BCUT2D eigenvalue weighted by Crippen LogP contribution is 2.31. The summed E-state index contributed by atoms with van der Waals surface area (Å²) in [5, 5.41) is 3.53. The SMILES string of the molecule is C[C@H](N[C@H]1CC(=O)O[C@H]1c1ccccc1)c1ccccc1. The molecule has 108 valence electrons. The number of rotatable bonds is 4. The Hall–Kier alpha value is -2.13. The van der Waals surface area contributed by atoms with Gasteiger partial charge < -0.3 is 10.1 Å². The Labute approximate surface area is 124 Å². The highest BCUT2D eigenvalue weighted by Gasteiger charge is 2.36. The number of nitrogens with one attached hydrogen (secondary N) is 1. The molecule has 0 bridgehead atoms. The van der Waals surface area contributed by atoms with Gasteiger partial charge in [0.2, 0.25) is 0 Å². The standard InChI is InChI=1S/C18H19NO2/c1-13(14-8-4-2-5-9-14)19-16-12-17(20)21-18(16)15-10-6-3-7-11-15/h2-11,13,16,18-19H,12H2,1H3/t13-,16-,18-/m0/s1. The molecule has 1 saturated heterocycles. The van der Waals surface area contributed by atoms with Crippen LogP contribution in [-0.2, 0) is 9.53 Å². The largest absolute Gasteiger partial charge is 0.456 e. The molecule has 0 aromatic heterocycles. The number of carbonyl (C=O) groups excluding carboxylic acids is 1. The molecule has 3 rings (SSSR count). The quantitative estimate of drug-likeness (QED) is 0.873. The number of hydrogen-bond acceptors (Lipinski definition) is 3. The van der Waals surface area contributed by atoms with Crippen LogP contribution in [-0.4, -0.2) is 12.0 Å². The molecule has 2 aromatic rings. The van der Waals surface area contributed by atoms with E-state index in [0.29, 0.717) is 6.42 Å². The summed E-state index contributed by atoms with van der Waals surface area (Å²) in [6.07, 6.45) is 0.210. The molecule has 1 aliphatic rings. The first-order chi connectivity index (χ1) is 10.2. The summed E-state index contributed by atoms with van der Waals surface area (Å²) in [4.78, 5) is 11.7. The average molecular weight is 281 g/mol. The van der Waals surface area contributed by atoms with Gasteiger partial charge in [-0.15, -0.1) is 0 Å². The van der Waals surface area contributed by atoms with Crippen LogP contribution in [0.2, 0.25) is 0 Å². The number of ether oxygens (including phenoxy) is 1. The zero-order chi connectivity index (χ0) is 14.7. The molecule has 3 atom stereocenters. The zero-order valence-electron chi connectivity index (χ0n) is 12.0. The molecule has 3 heteroatoms. The van der Waals surface area contributed by atoms with Gasteiger partial charge in [-0.05, 0) is 18.1 Å². The summed E-state index contributed by atoms with van der Waals surface area (Å²) < 4.78 is 5.50. The molecule has 3 nitrogen and oxygen atoms in total. The average Bonchev–Trinajstić information content (AvgIpc) is 2.89. The lowest BCUT2D eigenvalue weighted by molar-refractivity contribution is -0.141. The lowest BCUT2D eigenvalue weighted by Crippen LogP contribution is -2.33. The number of hydrogen-bond donors (Lipinski definition) is 1. The third kappa shape index (κ3) is 3.14. The van der Waals surface area contributed by atoms with Crippen molar-refractivity contribution in [3.05, 3.63) is 71.8 Å². The predicted octanol–water partition coefficient (Wildman–Crippen LogP) is 3.39. The minimum absolute atomic E-state index is 0.00936. The van der Waals surface area contributed by atoms with Crippen molar-refractivity contribution >= 4 is 5.97 Å². The number of carbonyl (C=O) groups is 1. The minimum atomic E-state index is -0.204. The molecule has 1 aliphatic heterocycles. The summed E-state index contributed by atoms with van der Waals surface area (Å²) >= 11 is 0. The molecule has 0 saturated carbocycles. The number of cyclic esters (lactones) is 1. The van der Waals surface area contributed by atoms with Crippen LogP contribution in [0.1, 0.15) is 36.6 Å². The molecule has 1 N–H and O–H groups in total. The molecule has 2 aromatic carbocycles. The van der Waals surface area contributed by atoms with Crippen molar-refractivity contribution in [2.75, 3.05) is 0 Å². The van der Waals surface area contributed by atoms with E-state index in [1.807, 2.05) is 48.5 Å². The third-order valence-electron chi connectivity index (χ3n) is 3.90. The van der Waals surface area contributed by atoms with Gasteiger partial charge in [0.1, 0.15) is 6.10 Å². The lowest BCUT2D eigenvalue weighted by Gasteiger charge is -2.23. The van der Waals surface area contributed by atoms with Crippen LogP contribution < -0.4 is 5.32 Å². The van der Waals surface area contributed by atoms with Gasteiger partial charge in [-0.25, -0.2) is 0 Å². The van der Waals surface area contributed by atoms with Crippen molar-refractivity contribution < 1.29 is 9.53 Å². The summed E-state index contributed by atoms with van der Waals surface area (Å²) in [6, 6.07) is 20.3. The maximum atomic E-state index is 11.7. The van der Waals surface area contributed by atoms with Crippen molar-refractivity contribution in [2.45, 2.75) is 31.5 Å². The summed E-state index contributed by atoms with van der Waals surface area (Å²) in [6.45, 7) is 2.11. The molecule has 1 heterocycles. The molecule has 1 fully saturated rings. The van der Waals surface area contributed by atoms with E-state index in [4.69, 9.17) is 4.74 Å². The van der Waals surface area contributed by atoms with E-state index in [-0.39, 0.29) is 24.2 Å². The number of esters is 1. The Morgan fingerprint density at radius 3 is 2.33 bits per heavy atom. The molecule has 21 heavy (non-hydrogen) atoms. The van der Waals surface area contributed by atoms with E-state index >= 15 is 0 Å². The first-order valence-electron chi connectivity index (χ1n) is 7.29. The Bertz CT molecular complexity index is 597. The number of benzene rings is 2.